The maximum absolute atomic E-state index is 13.9. The number of amides is 2. The number of hydrogen-bond acceptors (Lipinski definition) is 2. The van der Waals surface area contributed by atoms with E-state index in [9.17, 15) is 14.0 Å². The molecule has 0 spiro atoms. The number of halogens is 3. The molecular weight excluding hydrogens is 378 g/mol. The molecule has 0 aliphatic heterocycles. The van der Waals surface area contributed by atoms with Crippen LogP contribution in [0.15, 0.2) is 42.5 Å². The number of nitrogens with one attached hydrogen (secondary N) is 1. The number of carbonyl (C=O) groups is 2. The monoisotopic (exact) mass is 396 g/mol. The van der Waals surface area contributed by atoms with E-state index in [-0.39, 0.29) is 24.4 Å². The average molecular weight is 397 g/mol. The predicted molar refractivity (Wildman–Crippen MR) is 101 cm³/mol. The lowest BCUT2D eigenvalue weighted by molar-refractivity contribution is -0.139. The Morgan fingerprint density at radius 2 is 1.73 bits per heavy atom. The van der Waals surface area contributed by atoms with E-state index < -0.39 is 17.8 Å². The zero-order valence-corrected chi connectivity index (χ0v) is 15.9. The Hall–Kier alpha value is -2.11. The Morgan fingerprint density at radius 1 is 1.12 bits per heavy atom. The highest BCUT2D eigenvalue weighted by Crippen LogP contribution is 2.27. The molecule has 2 amide bonds. The molecule has 0 fully saturated rings. The molecule has 7 heteroatoms. The summed E-state index contributed by atoms with van der Waals surface area (Å²) in [7, 11) is 1.49. The molecule has 4 nitrogen and oxygen atoms in total. The van der Waals surface area contributed by atoms with Crippen molar-refractivity contribution in [3.63, 3.8) is 0 Å². The van der Waals surface area contributed by atoms with Gasteiger partial charge >= 0.3 is 0 Å². The molecule has 1 atom stereocenters. The second-order valence-electron chi connectivity index (χ2n) is 5.78. The third-order valence-corrected chi connectivity index (χ3v) is 4.81. The van der Waals surface area contributed by atoms with Crippen LogP contribution in [0.5, 0.6) is 0 Å². The summed E-state index contributed by atoms with van der Waals surface area (Å²) in [5, 5.41) is 3.31. The van der Waals surface area contributed by atoms with Gasteiger partial charge in [0.2, 0.25) is 11.8 Å². The number of rotatable bonds is 6. The number of nitrogens with zero attached hydrogens (tertiary/aromatic N) is 1. The summed E-state index contributed by atoms with van der Waals surface area (Å²) in [6.45, 7) is 1.64. The van der Waals surface area contributed by atoms with Crippen molar-refractivity contribution in [1.82, 2.24) is 10.2 Å². The molecule has 0 saturated carbocycles. The van der Waals surface area contributed by atoms with Gasteiger partial charge in [0.15, 0.2) is 0 Å². The molecule has 0 aromatic heterocycles. The van der Waals surface area contributed by atoms with Crippen molar-refractivity contribution in [2.75, 3.05) is 7.05 Å². The Kier molecular flexibility index (Phi) is 7.00. The smallest absolute Gasteiger partial charge is 0.242 e. The van der Waals surface area contributed by atoms with E-state index in [1.54, 1.807) is 43.3 Å². The average Bonchev–Trinajstić information content (AvgIpc) is 2.62. The number of benzene rings is 2. The zero-order valence-electron chi connectivity index (χ0n) is 14.4. The van der Waals surface area contributed by atoms with Crippen LogP contribution in [0.2, 0.25) is 10.0 Å². The van der Waals surface area contributed by atoms with Gasteiger partial charge in [0.25, 0.3) is 0 Å². The first-order chi connectivity index (χ1) is 12.3. The van der Waals surface area contributed by atoms with Gasteiger partial charge in [-0.3, -0.25) is 9.59 Å². The largest absolute Gasteiger partial charge is 0.357 e. The van der Waals surface area contributed by atoms with Gasteiger partial charge in [-0.1, -0.05) is 47.5 Å². The minimum absolute atomic E-state index is 0.0420. The van der Waals surface area contributed by atoms with E-state index in [0.29, 0.717) is 15.6 Å². The van der Waals surface area contributed by atoms with Crippen molar-refractivity contribution in [3.05, 3.63) is 69.5 Å². The Labute approximate surface area is 161 Å². The first kappa shape index (κ1) is 20.2. The molecule has 26 heavy (non-hydrogen) atoms. The lowest BCUT2D eigenvalue weighted by Gasteiger charge is -2.29. The van der Waals surface area contributed by atoms with Crippen LogP contribution in [0.4, 0.5) is 4.39 Å². The van der Waals surface area contributed by atoms with E-state index in [1.165, 1.54) is 18.0 Å². The fraction of sp³-hybridized carbons (Fsp3) is 0.263. The summed E-state index contributed by atoms with van der Waals surface area (Å²) in [5.74, 6) is -1.21. The summed E-state index contributed by atoms with van der Waals surface area (Å²) >= 11 is 12.4. The first-order valence-electron chi connectivity index (χ1n) is 8.02. The first-order valence-corrected chi connectivity index (χ1v) is 8.78. The number of likely N-dealkylation sites (N-methyl/N-ethyl adjacent to an activating group) is 1. The Balaban J connectivity index is 2.33. The Morgan fingerprint density at radius 3 is 2.31 bits per heavy atom. The maximum atomic E-state index is 13.9. The highest BCUT2D eigenvalue weighted by atomic mass is 35.5. The quantitative estimate of drug-likeness (QED) is 0.806. The highest BCUT2D eigenvalue weighted by molar-refractivity contribution is 6.36. The van der Waals surface area contributed by atoms with Gasteiger partial charge in [-0.05, 0) is 30.7 Å². The number of carbonyl (C=O) groups excluding carboxylic acids is 2. The molecule has 0 aliphatic rings. The third-order valence-electron chi connectivity index (χ3n) is 4.10. The molecule has 0 bridgehead atoms. The van der Waals surface area contributed by atoms with Gasteiger partial charge in [0.05, 0.1) is 6.42 Å². The summed E-state index contributed by atoms with van der Waals surface area (Å²) < 4.78 is 13.9. The molecule has 2 rings (SSSR count). The molecule has 0 heterocycles. The highest BCUT2D eigenvalue weighted by Gasteiger charge is 2.27. The van der Waals surface area contributed by atoms with Crippen LogP contribution >= 0.6 is 23.2 Å². The molecule has 1 N–H and O–H groups in total. The molecule has 0 radical (unpaired) electrons. The molecule has 2 aromatic carbocycles. The summed E-state index contributed by atoms with van der Waals surface area (Å²) in [4.78, 5) is 26.3. The topological polar surface area (TPSA) is 49.4 Å². The lowest BCUT2D eigenvalue weighted by Crippen LogP contribution is -2.47. The lowest BCUT2D eigenvalue weighted by atomic mass is 10.1. The van der Waals surface area contributed by atoms with E-state index >= 15 is 0 Å². The summed E-state index contributed by atoms with van der Waals surface area (Å²) in [6.07, 6.45) is -0.171. The maximum Gasteiger partial charge on any atom is 0.242 e. The van der Waals surface area contributed by atoms with E-state index in [1.807, 2.05) is 0 Å². The summed E-state index contributed by atoms with van der Waals surface area (Å²) in [6, 6.07) is 10.3. The minimum Gasteiger partial charge on any atom is -0.357 e. The van der Waals surface area contributed by atoms with Crippen molar-refractivity contribution in [2.45, 2.75) is 25.9 Å². The normalized spacial score (nSPS) is 11.7. The van der Waals surface area contributed by atoms with Crippen molar-refractivity contribution < 1.29 is 14.0 Å². The molecular formula is C19H19Cl2FN2O2. The van der Waals surface area contributed by atoms with Gasteiger partial charge in [-0.25, -0.2) is 4.39 Å². The molecule has 0 unspecified atom stereocenters. The fourth-order valence-corrected chi connectivity index (χ4v) is 3.07. The van der Waals surface area contributed by atoms with Crippen molar-refractivity contribution >= 4 is 35.0 Å². The van der Waals surface area contributed by atoms with Crippen LogP contribution in [-0.2, 0) is 22.6 Å². The van der Waals surface area contributed by atoms with Gasteiger partial charge in [-0.15, -0.1) is 0 Å². The van der Waals surface area contributed by atoms with Crippen molar-refractivity contribution in [1.29, 1.82) is 0 Å². The van der Waals surface area contributed by atoms with Crippen LogP contribution in [0.25, 0.3) is 0 Å². The second kappa shape index (κ2) is 9.01. The van der Waals surface area contributed by atoms with E-state index in [2.05, 4.69) is 5.32 Å². The van der Waals surface area contributed by atoms with E-state index in [4.69, 9.17) is 23.2 Å². The van der Waals surface area contributed by atoms with Gasteiger partial charge < -0.3 is 10.2 Å². The van der Waals surface area contributed by atoms with Gasteiger partial charge in [0, 0.05) is 29.2 Å². The second-order valence-corrected chi connectivity index (χ2v) is 6.59. The van der Waals surface area contributed by atoms with Crippen LogP contribution in [0, 0.1) is 5.82 Å². The molecule has 2 aromatic rings. The predicted octanol–water partition coefficient (Wildman–Crippen LogP) is 3.84. The third kappa shape index (κ3) is 4.74. The molecule has 0 saturated heterocycles. The zero-order chi connectivity index (χ0) is 19.3. The van der Waals surface area contributed by atoms with E-state index in [0.717, 1.165) is 0 Å². The molecule has 0 aliphatic carbocycles. The molecule has 138 valence electrons. The van der Waals surface area contributed by atoms with Crippen molar-refractivity contribution in [2.24, 2.45) is 0 Å². The Bertz CT molecular complexity index is 794. The van der Waals surface area contributed by atoms with Crippen LogP contribution in [0.3, 0.4) is 0 Å². The summed E-state index contributed by atoms with van der Waals surface area (Å²) in [5.41, 5.74) is 0.797. The SMILES string of the molecule is CNC(=O)[C@H](C)N(Cc1c(Cl)cccc1Cl)C(=O)Cc1ccccc1F. The fourth-order valence-electron chi connectivity index (χ4n) is 2.55. The van der Waals surface area contributed by atoms with Crippen LogP contribution in [-0.4, -0.2) is 29.8 Å². The standard InChI is InChI=1S/C19H19Cl2FN2O2/c1-12(19(26)23-2)24(11-14-15(20)7-5-8-16(14)21)18(25)10-13-6-3-4-9-17(13)22/h3-9,12H,10-11H2,1-2H3,(H,23,26)/t12-/m0/s1. The number of hydrogen-bond donors (Lipinski definition) is 1. The van der Waals surface area contributed by atoms with Crippen LogP contribution in [0.1, 0.15) is 18.1 Å². The van der Waals surface area contributed by atoms with Crippen LogP contribution < -0.4 is 5.32 Å². The van der Waals surface area contributed by atoms with Gasteiger partial charge in [-0.2, -0.15) is 0 Å². The van der Waals surface area contributed by atoms with Crippen molar-refractivity contribution in [3.8, 4) is 0 Å². The van der Waals surface area contributed by atoms with Gasteiger partial charge in [0.1, 0.15) is 11.9 Å². The minimum atomic E-state index is -0.772.